The fourth-order valence-corrected chi connectivity index (χ4v) is 8.36. The highest BCUT2D eigenvalue weighted by Crippen LogP contribution is 2.58. The van der Waals surface area contributed by atoms with Gasteiger partial charge in [0.2, 0.25) is 5.78 Å². The lowest BCUT2D eigenvalue weighted by Crippen LogP contribution is -2.54. The molecule has 2 amide bonds. The smallest absolute Gasteiger partial charge is 0.338 e. The number of allylic oxidation sites excluding steroid dienone is 4. The molecule has 4 aliphatic carbocycles. The summed E-state index contributed by atoms with van der Waals surface area (Å²) in [5.74, 6) is -2.57. The van der Waals surface area contributed by atoms with E-state index in [-0.39, 0.29) is 47.9 Å². The van der Waals surface area contributed by atoms with E-state index in [1.165, 1.54) is 24.3 Å². The van der Waals surface area contributed by atoms with Crippen LogP contribution in [0.5, 0.6) is 0 Å². The van der Waals surface area contributed by atoms with Crippen molar-refractivity contribution in [2.24, 2.45) is 29.6 Å². The normalized spacial score (nSPS) is 32.5. The molecule has 2 aromatic carbocycles. The maximum Gasteiger partial charge on any atom is 0.338 e. The van der Waals surface area contributed by atoms with Crippen LogP contribution in [0.4, 0.5) is 5.69 Å². The molecular weight excluding hydrogens is 550 g/mol. The van der Waals surface area contributed by atoms with Gasteiger partial charge in [-0.3, -0.25) is 19.2 Å². The van der Waals surface area contributed by atoms with Crippen molar-refractivity contribution in [3.63, 3.8) is 0 Å². The number of aliphatic hydroxyl groups is 2. The summed E-state index contributed by atoms with van der Waals surface area (Å²) in [5, 5.41) is 22.8. The Labute approximate surface area is 247 Å². The quantitative estimate of drug-likeness (QED) is 0.405. The summed E-state index contributed by atoms with van der Waals surface area (Å²) in [6, 6.07) is 12.3. The molecule has 3 saturated carbocycles. The van der Waals surface area contributed by atoms with Crippen LogP contribution in [0.25, 0.3) is 0 Å². The third-order valence-corrected chi connectivity index (χ3v) is 10.4. The van der Waals surface area contributed by atoms with Gasteiger partial charge in [0.25, 0.3) is 11.8 Å². The van der Waals surface area contributed by atoms with E-state index < -0.39 is 47.8 Å². The number of carbonyl (C=O) groups excluding carboxylic acids is 5. The minimum atomic E-state index is -1.69. The number of rotatable bonds is 5. The minimum Gasteiger partial charge on any atom is -0.454 e. The van der Waals surface area contributed by atoms with Gasteiger partial charge in [0, 0.05) is 11.8 Å². The lowest BCUT2D eigenvalue weighted by atomic mass is 9.55. The standard InChI is InChI=1S/C34H31NO8/c36-21-10-12-22-19(15-21)7-11-24-23-13-14-34(42,27(23)16-28(37)30(22)24)29(38)17-43-33(41)18-5-8-20(9-6-18)35-31(39)25-3-1-2-4-26(25)32(35)40/h1-6,8-10,12,15,22-24,27-28,30,37,42H,7,11,13-14,16-17H2/t22-,23-,24-,27-,28?,30+,34+/m0/s1. The Balaban J connectivity index is 1.00. The molecular formula is C34H31NO8. The highest BCUT2D eigenvalue weighted by Gasteiger charge is 2.60. The van der Waals surface area contributed by atoms with Gasteiger partial charge in [-0.05, 0) is 98.4 Å². The summed E-state index contributed by atoms with van der Waals surface area (Å²) >= 11 is 0. The minimum absolute atomic E-state index is 0.00108. The van der Waals surface area contributed by atoms with Gasteiger partial charge in [0.05, 0.1) is 28.5 Å². The molecule has 0 saturated heterocycles. The molecule has 2 aromatic rings. The van der Waals surface area contributed by atoms with Gasteiger partial charge in [-0.25, -0.2) is 9.69 Å². The first-order valence-electron chi connectivity index (χ1n) is 14.8. The Bertz CT molecular complexity index is 1590. The molecule has 3 fully saturated rings. The van der Waals surface area contributed by atoms with Crippen LogP contribution in [0, 0.1) is 29.6 Å². The van der Waals surface area contributed by atoms with Crippen molar-refractivity contribution >= 4 is 35.0 Å². The first kappa shape index (κ1) is 27.6. The summed E-state index contributed by atoms with van der Waals surface area (Å²) in [6.07, 6.45) is 7.13. The molecule has 9 nitrogen and oxygen atoms in total. The van der Waals surface area contributed by atoms with Crippen molar-refractivity contribution < 1.29 is 38.9 Å². The summed E-state index contributed by atoms with van der Waals surface area (Å²) < 4.78 is 5.31. The van der Waals surface area contributed by atoms with Crippen molar-refractivity contribution in [3.05, 3.63) is 89.0 Å². The predicted molar refractivity (Wildman–Crippen MR) is 153 cm³/mol. The zero-order chi connectivity index (χ0) is 30.0. The van der Waals surface area contributed by atoms with Gasteiger partial charge >= 0.3 is 5.97 Å². The molecule has 1 unspecified atom stereocenters. The maximum absolute atomic E-state index is 13.3. The molecule has 43 heavy (non-hydrogen) atoms. The Hall–Kier alpha value is -4.21. The highest BCUT2D eigenvalue weighted by molar-refractivity contribution is 6.34. The number of ether oxygens (including phenoxy) is 1. The molecule has 1 heterocycles. The van der Waals surface area contributed by atoms with Gasteiger partial charge < -0.3 is 14.9 Å². The molecule has 1 aliphatic heterocycles. The van der Waals surface area contributed by atoms with Gasteiger partial charge in [0.1, 0.15) is 5.60 Å². The Morgan fingerprint density at radius 1 is 0.953 bits per heavy atom. The molecule has 0 spiro atoms. The monoisotopic (exact) mass is 581 g/mol. The van der Waals surface area contributed by atoms with Crippen LogP contribution in [0.15, 0.2) is 72.3 Å². The zero-order valence-corrected chi connectivity index (χ0v) is 23.3. The van der Waals surface area contributed by atoms with Gasteiger partial charge in [-0.15, -0.1) is 0 Å². The molecule has 5 aliphatic rings. The zero-order valence-electron chi connectivity index (χ0n) is 23.3. The molecule has 220 valence electrons. The van der Waals surface area contributed by atoms with Gasteiger partial charge in [-0.1, -0.05) is 23.8 Å². The number of aliphatic hydroxyl groups excluding tert-OH is 1. The Morgan fingerprint density at radius 3 is 2.35 bits per heavy atom. The van der Waals surface area contributed by atoms with Crippen LogP contribution in [0.3, 0.4) is 0 Å². The Kier molecular flexibility index (Phi) is 6.55. The van der Waals surface area contributed by atoms with Gasteiger partial charge in [0.15, 0.2) is 12.4 Å². The lowest BCUT2D eigenvalue weighted by Gasteiger charge is -2.51. The third-order valence-electron chi connectivity index (χ3n) is 10.4. The van der Waals surface area contributed by atoms with E-state index in [1.54, 1.807) is 36.4 Å². The molecule has 0 aromatic heterocycles. The van der Waals surface area contributed by atoms with E-state index in [9.17, 15) is 34.2 Å². The van der Waals surface area contributed by atoms with Crippen LogP contribution in [0.1, 0.15) is 63.2 Å². The van der Waals surface area contributed by atoms with Crippen molar-refractivity contribution in [2.45, 2.75) is 43.8 Å². The van der Waals surface area contributed by atoms with Crippen molar-refractivity contribution in [2.75, 3.05) is 11.5 Å². The number of hydrogen-bond acceptors (Lipinski definition) is 8. The summed E-state index contributed by atoms with van der Waals surface area (Å²) in [4.78, 5) is 64.6. The number of nitrogens with zero attached hydrogens (tertiary/aromatic N) is 1. The second-order valence-electron chi connectivity index (χ2n) is 12.4. The van der Waals surface area contributed by atoms with Crippen LogP contribution in [-0.2, 0) is 14.3 Å². The van der Waals surface area contributed by atoms with E-state index in [4.69, 9.17) is 4.74 Å². The van der Waals surface area contributed by atoms with Crippen LogP contribution >= 0.6 is 0 Å². The van der Waals surface area contributed by atoms with E-state index >= 15 is 0 Å². The Morgan fingerprint density at radius 2 is 1.65 bits per heavy atom. The average molecular weight is 582 g/mol. The van der Waals surface area contributed by atoms with E-state index in [0.29, 0.717) is 23.2 Å². The predicted octanol–water partition coefficient (Wildman–Crippen LogP) is 3.44. The van der Waals surface area contributed by atoms with Crippen LogP contribution < -0.4 is 4.90 Å². The second-order valence-corrected chi connectivity index (χ2v) is 12.4. The number of Topliss-reactive ketones (excluding diaryl/α,β-unsaturated/α-hetero) is 1. The van der Waals surface area contributed by atoms with Crippen LogP contribution in [0.2, 0.25) is 0 Å². The number of fused-ring (bicyclic) bond motifs is 6. The first-order valence-corrected chi connectivity index (χ1v) is 14.8. The number of anilines is 1. The number of carbonyl (C=O) groups is 5. The maximum atomic E-state index is 13.3. The SMILES string of the molecule is O=C1C=C[C@H]2C(=C1)CC[C@H]1[C@@H]3CC[C@](O)(C(=O)COC(=O)c4ccc(N5C(=O)c6ccccc6C5=O)cc4)[C@H]3CC(O)[C@@H]12. The average Bonchev–Trinajstić information content (AvgIpc) is 3.49. The summed E-state index contributed by atoms with van der Waals surface area (Å²) in [5.41, 5.74) is 0.426. The largest absolute Gasteiger partial charge is 0.454 e. The number of imide groups is 1. The van der Waals surface area contributed by atoms with E-state index in [1.807, 2.05) is 6.08 Å². The number of esters is 1. The van der Waals surface area contributed by atoms with E-state index in [2.05, 4.69) is 0 Å². The molecule has 7 atom stereocenters. The van der Waals surface area contributed by atoms with Crippen molar-refractivity contribution in [1.82, 2.24) is 0 Å². The molecule has 7 rings (SSSR count). The summed E-state index contributed by atoms with van der Waals surface area (Å²) in [6.45, 7) is -0.608. The van der Waals surface area contributed by atoms with Crippen LogP contribution in [-0.4, -0.2) is 57.9 Å². The molecule has 9 heteroatoms. The highest BCUT2D eigenvalue weighted by atomic mass is 16.5. The number of amides is 2. The molecule has 0 radical (unpaired) electrons. The lowest BCUT2D eigenvalue weighted by molar-refractivity contribution is -0.153. The number of ketones is 2. The fourth-order valence-electron chi connectivity index (χ4n) is 8.36. The number of benzene rings is 2. The second kappa shape index (κ2) is 10.2. The topological polar surface area (TPSA) is 138 Å². The third kappa shape index (κ3) is 4.33. The van der Waals surface area contributed by atoms with Crippen molar-refractivity contribution in [1.29, 1.82) is 0 Å². The van der Waals surface area contributed by atoms with Gasteiger partial charge in [-0.2, -0.15) is 0 Å². The number of hydrogen-bond donors (Lipinski definition) is 2. The molecule has 2 N–H and O–H groups in total. The van der Waals surface area contributed by atoms with E-state index in [0.717, 1.165) is 23.3 Å². The van der Waals surface area contributed by atoms with Crippen molar-refractivity contribution in [3.8, 4) is 0 Å². The first-order chi connectivity index (χ1) is 20.7. The molecule has 0 bridgehead atoms. The fraction of sp³-hybridized carbons (Fsp3) is 0.382. The summed E-state index contributed by atoms with van der Waals surface area (Å²) in [7, 11) is 0.